The Hall–Kier alpha value is -2.93. The van der Waals surface area contributed by atoms with E-state index in [0.717, 1.165) is 0 Å². The van der Waals surface area contributed by atoms with Gasteiger partial charge in [-0.25, -0.2) is 4.79 Å². The van der Waals surface area contributed by atoms with E-state index in [4.69, 9.17) is 22.3 Å². The Balaban J connectivity index is 4.91. The van der Waals surface area contributed by atoms with Gasteiger partial charge in [-0.3, -0.25) is 19.4 Å². The van der Waals surface area contributed by atoms with E-state index in [1.165, 1.54) is 13.8 Å². The summed E-state index contributed by atoms with van der Waals surface area (Å²) in [7, 11) is 0. The number of carboxylic acid groups (broad SMARTS) is 1. The van der Waals surface area contributed by atoms with Crippen LogP contribution in [-0.4, -0.2) is 77.2 Å². The molecule has 0 aliphatic heterocycles. The number of nitrogens with two attached hydrogens (primary N) is 3. The van der Waals surface area contributed by atoms with E-state index in [1.54, 1.807) is 0 Å². The van der Waals surface area contributed by atoms with Crippen molar-refractivity contribution in [3.05, 3.63) is 0 Å². The Bertz CT molecular complexity index is 591. The van der Waals surface area contributed by atoms with Crippen molar-refractivity contribution in [1.29, 1.82) is 0 Å². The largest absolute Gasteiger partial charge is 0.480 e. The van der Waals surface area contributed by atoms with Crippen LogP contribution in [0.15, 0.2) is 4.99 Å². The van der Waals surface area contributed by atoms with Gasteiger partial charge in [0.15, 0.2) is 12.0 Å². The van der Waals surface area contributed by atoms with E-state index in [0.29, 0.717) is 6.42 Å². The van der Waals surface area contributed by atoms with Crippen LogP contribution < -0.4 is 33.2 Å². The van der Waals surface area contributed by atoms with Crippen LogP contribution in [0.3, 0.4) is 0 Å². The van der Waals surface area contributed by atoms with Gasteiger partial charge >= 0.3 is 5.97 Å². The topological polar surface area (TPSA) is 235 Å². The number of aliphatic imine (C=N–C) groups is 1. The molecule has 3 amide bonds. The van der Waals surface area contributed by atoms with Crippen molar-refractivity contribution in [3.63, 3.8) is 0 Å². The fourth-order valence-electron chi connectivity index (χ4n) is 2.07. The van der Waals surface area contributed by atoms with Crippen LogP contribution in [0.25, 0.3) is 0 Å². The summed E-state index contributed by atoms with van der Waals surface area (Å²) in [5, 5.41) is 25.3. The van der Waals surface area contributed by atoms with Gasteiger partial charge in [0.1, 0.15) is 12.1 Å². The summed E-state index contributed by atoms with van der Waals surface area (Å²) >= 11 is 0. The summed E-state index contributed by atoms with van der Waals surface area (Å²) in [6.07, 6.45) is -0.796. The molecular weight excluding hydrogens is 374 g/mol. The molecule has 0 saturated carbocycles. The number of aliphatic hydroxyl groups excluding tert-OH is 1. The van der Waals surface area contributed by atoms with Crippen molar-refractivity contribution >= 4 is 29.7 Å². The zero-order chi connectivity index (χ0) is 21.9. The Labute approximate surface area is 162 Å². The SMILES string of the molecule is CC(NC(=O)C(CCCN=C(N)N)NC(=O)CN)C(=O)NC(C(=O)O)C(C)O. The van der Waals surface area contributed by atoms with E-state index < -0.39 is 47.9 Å². The summed E-state index contributed by atoms with van der Waals surface area (Å²) < 4.78 is 0. The van der Waals surface area contributed by atoms with Gasteiger partial charge in [-0.1, -0.05) is 0 Å². The van der Waals surface area contributed by atoms with Gasteiger partial charge in [0, 0.05) is 6.54 Å². The molecule has 13 heteroatoms. The average molecular weight is 403 g/mol. The number of guanidine groups is 1. The quantitative estimate of drug-likeness (QED) is 0.0897. The molecule has 0 fully saturated rings. The molecule has 0 heterocycles. The lowest BCUT2D eigenvalue weighted by molar-refractivity contribution is -0.145. The number of aliphatic hydroxyl groups is 1. The first-order valence-corrected chi connectivity index (χ1v) is 8.56. The first-order chi connectivity index (χ1) is 13.0. The van der Waals surface area contributed by atoms with Gasteiger partial charge in [0.05, 0.1) is 12.6 Å². The Morgan fingerprint density at radius 1 is 1.04 bits per heavy atom. The molecule has 4 unspecified atom stereocenters. The smallest absolute Gasteiger partial charge is 0.328 e. The number of rotatable bonds is 12. The highest BCUT2D eigenvalue weighted by Crippen LogP contribution is 2.01. The molecule has 0 aromatic carbocycles. The van der Waals surface area contributed by atoms with Gasteiger partial charge in [-0.2, -0.15) is 0 Å². The third-order valence-electron chi connectivity index (χ3n) is 3.58. The van der Waals surface area contributed by atoms with Crippen molar-refractivity contribution < 1.29 is 29.4 Å². The highest BCUT2D eigenvalue weighted by molar-refractivity contribution is 5.93. The highest BCUT2D eigenvalue weighted by Gasteiger charge is 2.29. The summed E-state index contributed by atoms with van der Waals surface area (Å²) in [6.45, 7) is 2.43. The predicted octanol–water partition coefficient (Wildman–Crippen LogP) is -4.06. The second-order valence-corrected chi connectivity index (χ2v) is 6.07. The van der Waals surface area contributed by atoms with E-state index in [2.05, 4.69) is 20.9 Å². The maximum Gasteiger partial charge on any atom is 0.328 e. The molecule has 0 aliphatic rings. The number of carbonyl (C=O) groups is 4. The zero-order valence-electron chi connectivity index (χ0n) is 15.8. The van der Waals surface area contributed by atoms with E-state index in [9.17, 15) is 24.3 Å². The number of carbonyl (C=O) groups excluding carboxylic acids is 3. The van der Waals surface area contributed by atoms with Crippen LogP contribution in [0.2, 0.25) is 0 Å². The van der Waals surface area contributed by atoms with Crippen LogP contribution in [0, 0.1) is 0 Å². The second kappa shape index (κ2) is 12.5. The molecule has 0 saturated heterocycles. The monoisotopic (exact) mass is 403 g/mol. The van der Waals surface area contributed by atoms with Gasteiger partial charge < -0.3 is 43.4 Å². The molecule has 28 heavy (non-hydrogen) atoms. The van der Waals surface area contributed by atoms with Crippen LogP contribution in [0.5, 0.6) is 0 Å². The standard InChI is InChI=1S/C15H29N7O6/c1-7(12(25)22-11(8(2)23)14(27)28)20-13(26)9(21-10(24)6-16)4-3-5-19-15(17)18/h7-9,11,23H,3-6,16H2,1-2H3,(H,20,26)(H,21,24)(H,22,25)(H,27,28)(H4,17,18,19). The molecule has 0 aromatic rings. The normalized spacial score (nSPS) is 14.7. The summed E-state index contributed by atoms with van der Waals surface area (Å²) in [5.41, 5.74) is 15.7. The first kappa shape index (κ1) is 25.1. The van der Waals surface area contributed by atoms with Crippen LogP contribution in [0.4, 0.5) is 0 Å². The molecule has 4 atom stereocenters. The second-order valence-electron chi connectivity index (χ2n) is 6.07. The number of carboxylic acids is 1. The lowest BCUT2D eigenvalue weighted by Gasteiger charge is -2.23. The Morgan fingerprint density at radius 3 is 2.11 bits per heavy atom. The Kier molecular flexibility index (Phi) is 11.2. The number of hydrogen-bond donors (Lipinski definition) is 8. The first-order valence-electron chi connectivity index (χ1n) is 8.56. The van der Waals surface area contributed by atoms with Crippen LogP contribution in [0.1, 0.15) is 26.7 Å². The summed E-state index contributed by atoms with van der Waals surface area (Å²) in [6, 6.07) is -3.64. The lowest BCUT2D eigenvalue weighted by atomic mass is 10.1. The maximum atomic E-state index is 12.4. The molecule has 0 aliphatic carbocycles. The third kappa shape index (κ3) is 9.68. The fraction of sp³-hybridized carbons (Fsp3) is 0.667. The molecule has 0 rings (SSSR count). The molecule has 11 N–H and O–H groups in total. The zero-order valence-corrected chi connectivity index (χ0v) is 15.8. The van der Waals surface area contributed by atoms with Crippen molar-refractivity contribution in [3.8, 4) is 0 Å². The third-order valence-corrected chi connectivity index (χ3v) is 3.58. The van der Waals surface area contributed by atoms with Crippen molar-refractivity contribution in [2.24, 2.45) is 22.2 Å². The molecule has 160 valence electrons. The van der Waals surface area contributed by atoms with Gasteiger partial charge in [0.25, 0.3) is 0 Å². The van der Waals surface area contributed by atoms with Gasteiger partial charge in [-0.05, 0) is 26.7 Å². The van der Waals surface area contributed by atoms with E-state index >= 15 is 0 Å². The summed E-state index contributed by atoms with van der Waals surface area (Å²) in [4.78, 5) is 50.8. The van der Waals surface area contributed by atoms with E-state index in [1.807, 2.05) is 0 Å². The predicted molar refractivity (Wildman–Crippen MR) is 99.7 cm³/mol. The number of amides is 3. The number of nitrogens with zero attached hydrogens (tertiary/aromatic N) is 1. The minimum absolute atomic E-state index is 0.108. The Morgan fingerprint density at radius 2 is 1.64 bits per heavy atom. The minimum atomic E-state index is -1.53. The van der Waals surface area contributed by atoms with Crippen molar-refractivity contribution in [1.82, 2.24) is 16.0 Å². The van der Waals surface area contributed by atoms with Crippen molar-refractivity contribution in [2.45, 2.75) is 50.9 Å². The molecule has 13 nitrogen and oxygen atoms in total. The van der Waals surface area contributed by atoms with Gasteiger partial charge in [0.2, 0.25) is 17.7 Å². The average Bonchev–Trinajstić information content (AvgIpc) is 2.60. The summed E-state index contributed by atoms with van der Waals surface area (Å²) in [5.74, 6) is -3.58. The number of hydrogen-bond acceptors (Lipinski definition) is 7. The van der Waals surface area contributed by atoms with Crippen molar-refractivity contribution in [2.75, 3.05) is 13.1 Å². The molecular formula is C15H29N7O6. The molecule has 0 aromatic heterocycles. The minimum Gasteiger partial charge on any atom is -0.480 e. The fourth-order valence-corrected chi connectivity index (χ4v) is 2.07. The highest BCUT2D eigenvalue weighted by atomic mass is 16.4. The van der Waals surface area contributed by atoms with Crippen LogP contribution >= 0.6 is 0 Å². The van der Waals surface area contributed by atoms with Gasteiger partial charge in [-0.15, -0.1) is 0 Å². The number of aliphatic carboxylic acids is 1. The molecule has 0 spiro atoms. The molecule has 0 radical (unpaired) electrons. The molecule has 0 bridgehead atoms. The lowest BCUT2D eigenvalue weighted by Crippen LogP contribution is -2.56. The number of nitrogens with one attached hydrogen (secondary N) is 3. The maximum absolute atomic E-state index is 12.4. The van der Waals surface area contributed by atoms with Crippen LogP contribution in [-0.2, 0) is 19.2 Å². The van der Waals surface area contributed by atoms with E-state index in [-0.39, 0.29) is 25.5 Å².